The van der Waals surface area contributed by atoms with E-state index in [0.717, 1.165) is 29.9 Å². The van der Waals surface area contributed by atoms with Crippen molar-refractivity contribution in [2.24, 2.45) is 0 Å². The second-order valence-corrected chi connectivity index (χ2v) is 5.94. The standard InChI is InChI=1S/C13H22F3N3S/c1-5-6-17-9(2)12-10(3)18-19(11(12)4)7-8-20-13(14,15)16/h9,17H,5-8H2,1-4H3. The summed E-state index contributed by atoms with van der Waals surface area (Å²) >= 11 is -0.00195. The molecule has 1 aromatic rings. The van der Waals surface area contributed by atoms with Gasteiger partial charge in [-0.15, -0.1) is 0 Å². The average molecular weight is 309 g/mol. The molecule has 0 aliphatic rings. The van der Waals surface area contributed by atoms with Crippen LogP contribution in [0.15, 0.2) is 0 Å². The molecule has 1 heterocycles. The molecule has 0 amide bonds. The Kier molecular flexibility index (Phi) is 6.39. The lowest BCUT2D eigenvalue weighted by molar-refractivity contribution is -0.0328. The van der Waals surface area contributed by atoms with E-state index in [1.54, 1.807) is 4.68 Å². The lowest BCUT2D eigenvalue weighted by Gasteiger charge is -2.14. The van der Waals surface area contributed by atoms with Crippen molar-refractivity contribution in [2.75, 3.05) is 12.3 Å². The Hall–Kier alpha value is -0.690. The fraction of sp³-hybridized carbons (Fsp3) is 0.769. The van der Waals surface area contributed by atoms with E-state index in [-0.39, 0.29) is 30.1 Å². The van der Waals surface area contributed by atoms with Crippen LogP contribution in [0.25, 0.3) is 0 Å². The second-order valence-electron chi connectivity index (χ2n) is 4.78. The lowest BCUT2D eigenvalue weighted by Crippen LogP contribution is -2.20. The minimum atomic E-state index is -4.17. The van der Waals surface area contributed by atoms with E-state index in [4.69, 9.17) is 0 Å². The SMILES string of the molecule is CCCNC(C)c1c(C)nn(CCSC(F)(F)F)c1C. The van der Waals surface area contributed by atoms with Gasteiger partial charge >= 0.3 is 5.51 Å². The number of thioether (sulfide) groups is 1. The molecule has 20 heavy (non-hydrogen) atoms. The lowest BCUT2D eigenvalue weighted by atomic mass is 10.1. The summed E-state index contributed by atoms with van der Waals surface area (Å²) in [6.07, 6.45) is 1.04. The summed E-state index contributed by atoms with van der Waals surface area (Å²) in [6.45, 7) is 9.16. The van der Waals surface area contributed by atoms with Gasteiger partial charge in [0.05, 0.1) is 12.2 Å². The molecule has 0 radical (unpaired) electrons. The first-order valence-electron chi connectivity index (χ1n) is 6.74. The molecule has 1 unspecified atom stereocenters. The van der Waals surface area contributed by atoms with Gasteiger partial charge in [0.2, 0.25) is 0 Å². The van der Waals surface area contributed by atoms with Crippen LogP contribution in [0.1, 0.15) is 43.3 Å². The summed E-state index contributed by atoms with van der Waals surface area (Å²) in [6, 6.07) is 0.166. The van der Waals surface area contributed by atoms with Crippen LogP contribution in [0.5, 0.6) is 0 Å². The Balaban J connectivity index is 2.71. The van der Waals surface area contributed by atoms with E-state index in [9.17, 15) is 13.2 Å². The summed E-state index contributed by atoms with van der Waals surface area (Å²) in [5, 5.41) is 7.74. The van der Waals surface area contributed by atoms with Gasteiger partial charge in [0, 0.05) is 23.1 Å². The molecule has 116 valence electrons. The van der Waals surface area contributed by atoms with E-state index < -0.39 is 5.51 Å². The Labute approximate surface area is 122 Å². The Morgan fingerprint density at radius 2 is 2.00 bits per heavy atom. The molecule has 0 bridgehead atoms. The number of nitrogens with zero attached hydrogens (tertiary/aromatic N) is 2. The molecule has 1 N–H and O–H groups in total. The number of aromatic nitrogens is 2. The van der Waals surface area contributed by atoms with Gasteiger partial charge in [0.1, 0.15) is 0 Å². The molecule has 7 heteroatoms. The van der Waals surface area contributed by atoms with Crippen LogP contribution in [0.2, 0.25) is 0 Å². The molecule has 1 aromatic heterocycles. The monoisotopic (exact) mass is 309 g/mol. The number of nitrogens with one attached hydrogen (secondary N) is 1. The van der Waals surface area contributed by atoms with Crippen molar-refractivity contribution in [3.63, 3.8) is 0 Å². The van der Waals surface area contributed by atoms with Gasteiger partial charge in [-0.3, -0.25) is 4.68 Å². The van der Waals surface area contributed by atoms with E-state index in [1.807, 2.05) is 13.8 Å². The molecular weight excluding hydrogens is 287 g/mol. The largest absolute Gasteiger partial charge is 0.441 e. The fourth-order valence-corrected chi connectivity index (χ4v) is 2.76. The summed E-state index contributed by atoms with van der Waals surface area (Å²) in [4.78, 5) is 0. The molecule has 0 aliphatic carbocycles. The van der Waals surface area contributed by atoms with Crippen molar-refractivity contribution in [2.45, 2.75) is 52.2 Å². The third kappa shape index (κ3) is 5.01. The zero-order chi connectivity index (χ0) is 15.3. The van der Waals surface area contributed by atoms with Crippen LogP contribution < -0.4 is 5.32 Å². The highest BCUT2D eigenvalue weighted by atomic mass is 32.2. The molecule has 0 aromatic carbocycles. The van der Waals surface area contributed by atoms with Gasteiger partial charge < -0.3 is 5.32 Å². The molecule has 3 nitrogen and oxygen atoms in total. The zero-order valence-corrected chi connectivity index (χ0v) is 13.2. The first-order chi connectivity index (χ1) is 9.26. The number of rotatable bonds is 7. The number of aryl methyl sites for hydroxylation is 2. The molecule has 0 aliphatic heterocycles. The normalized spacial score (nSPS) is 13.8. The summed E-state index contributed by atoms with van der Waals surface area (Å²) in [5.74, 6) is -0.0122. The number of hydrogen-bond donors (Lipinski definition) is 1. The number of hydrogen-bond acceptors (Lipinski definition) is 3. The van der Waals surface area contributed by atoms with Crippen LogP contribution >= 0.6 is 11.8 Å². The minimum Gasteiger partial charge on any atom is -0.310 e. The van der Waals surface area contributed by atoms with Gasteiger partial charge in [-0.05, 0) is 45.5 Å². The third-order valence-electron chi connectivity index (χ3n) is 3.14. The molecule has 0 spiro atoms. The first-order valence-corrected chi connectivity index (χ1v) is 7.72. The average Bonchev–Trinajstić information content (AvgIpc) is 2.60. The summed E-state index contributed by atoms with van der Waals surface area (Å²) < 4.78 is 38.1. The van der Waals surface area contributed by atoms with Crippen molar-refractivity contribution in [3.05, 3.63) is 17.0 Å². The second kappa shape index (κ2) is 7.36. The minimum absolute atomic E-state index is 0.00195. The van der Waals surface area contributed by atoms with E-state index in [2.05, 4.69) is 24.3 Å². The van der Waals surface area contributed by atoms with Gasteiger partial charge in [-0.2, -0.15) is 18.3 Å². The Bertz CT molecular complexity index is 429. The quantitative estimate of drug-likeness (QED) is 0.830. The van der Waals surface area contributed by atoms with Gasteiger partial charge in [-0.25, -0.2) is 0 Å². The van der Waals surface area contributed by atoms with Crippen LogP contribution in [0, 0.1) is 13.8 Å². The van der Waals surface area contributed by atoms with Crippen molar-refractivity contribution in [1.82, 2.24) is 15.1 Å². The van der Waals surface area contributed by atoms with Gasteiger partial charge in [-0.1, -0.05) is 6.92 Å². The molecule has 1 rings (SSSR count). The van der Waals surface area contributed by atoms with E-state index in [0.29, 0.717) is 0 Å². The van der Waals surface area contributed by atoms with E-state index in [1.165, 1.54) is 0 Å². The predicted octanol–water partition coefficient (Wildman–Crippen LogP) is 3.81. The Morgan fingerprint density at radius 1 is 1.35 bits per heavy atom. The molecule has 0 saturated heterocycles. The zero-order valence-electron chi connectivity index (χ0n) is 12.3. The van der Waals surface area contributed by atoms with Gasteiger partial charge in [0.15, 0.2) is 0 Å². The topological polar surface area (TPSA) is 29.9 Å². The highest BCUT2D eigenvalue weighted by molar-refractivity contribution is 8.00. The van der Waals surface area contributed by atoms with Crippen LogP contribution in [0.4, 0.5) is 13.2 Å². The molecule has 1 atom stereocenters. The fourth-order valence-electron chi connectivity index (χ4n) is 2.27. The molecular formula is C13H22F3N3S. The van der Waals surface area contributed by atoms with Crippen molar-refractivity contribution >= 4 is 11.8 Å². The molecule has 0 saturated carbocycles. The maximum absolute atomic E-state index is 12.1. The van der Waals surface area contributed by atoms with Crippen molar-refractivity contribution in [1.29, 1.82) is 0 Å². The van der Waals surface area contributed by atoms with Crippen LogP contribution in [0.3, 0.4) is 0 Å². The Morgan fingerprint density at radius 3 is 2.55 bits per heavy atom. The smallest absolute Gasteiger partial charge is 0.310 e. The van der Waals surface area contributed by atoms with Crippen LogP contribution in [-0.2, 0) is 6.54 Å². The maximum Gasteiger partial charge on any atom is 0.441 e. The highest BCUT2D eigenvalue weighted by Gasteiger charge is 2.28. The highest BCUT2D eigenvalue weighted by Crippen LogP contribution is 2.30. The maximum atomic E-state index is 12.1. The van der Waals surface area contributed by atoms with Gasteiger partial charge in [0.25, 0.3) is 0 Å². The van der Waals surface area contributed by atoms with Crippen LogP contribution in [-0.4, -0.2) is 27.6 Å². The third-order valence-corrected chi connectivity index (χ3v) is 3.85. The summed E-state index contributed by atoms with van der Waals surface area (Å²) in [7, 11) is 0. The van der Waals surface area contributed by atoms with Crippen molar-refractivity contribution in [3.8, 4) is 0 Å². The van der Waals surface area contributed by atoms with Crippen molar-refractivity contribution < 1.29 is 13.2 Å². The number of alkyl halides is 3. The van der Waals surface area contributed by atoms with E-state index >= 15 is 0 Å². The first kappa shape index (κ1) is 17.4. The summed E-state index contributed by atoms with van der Waals surface area (Å²) in [5.41, 5.74) is -1.25. The number of halogens is 3. The predicted molar refractivity (Wildman–Crippen MR) is 76.9 cm³/mol. The molecule has 0 fully saturated rings.